The van der Waals surface area contributed by atoms with E-state index in [-0.39, 0.29) is 12.0 Å². The summed E-state index contributed by atoms with van der Waals surface area (Å²) in [6.07, 6.45) is 15.6. The van der Waals surface area contributed by atoms with Crippen LogP contribution >= 0.6 is 0 Å². The molecule has 0 radical (unpaired) electrons. The van der Waals surface area contributed by atoms with Crippen LogP contribution < -0.4 is 9.57 Å². The van der Waals surface area contributed by atoms with Crippen molar-refractivity contribution in [2.24, 2.45) is 15.0 Å². The van der Waals surface area contributed by atoms with Gasteiger partial charge in [0.05, 0.1) is 67.5 Å². The number of anilines is 2. The van der Waals surface area contributed by atoms with Crippen molar-refractivity contribution in [2.45, 2.75) is 18.4 Å². The van der Waals surface area contributed by atoms with Gasteiger partial charge in [-0.2, -0.15) is 0 Å². The smallest absolute Gasteiger partial charge is 0.331 e. The molecule has 6 heterocycles. The Morgan fingerprint density at radius 3 is 1.38 bits per heavy atom. The average molecular weight is 886 g/mol. The van der Waals surface area contributed by atoms with Gasteiger partial charge in [0.25, 0.3) is 0 Å². The molecule has 0 N–H and O–H groups in total. The molecule has 0 saturated heterocycles. The Morgan fingerprint density at radius 2 is 0.899 bits per heavy atom. The number of hydrogen-bond acceptors (Lipinski definition) is 4. The molecule has 1 aliphatic carbocycles. The van der Waals surface area contributed by atoms with Gasteiger partial charge in [-0.05, 0) is 53.0 Å². The van der Waals surface area contributed by atoms with E-state index in [4.69, 9.17) is 19.6 Å². The summed E-state index contributed by atoms with van der Waals surface area (Å²) < 4.78 is 12.8. The lowest BCUT2D eigenvalue weighted by Gasteiger charge is -2.35. The molecule has 0 spiro atoms. The number of fused-ring (bicyclic) bond motifs is 12. The minimum atomic E-state index is -0.0808. The summed E-state index contributed by atoms with van der Waals surface area (Å²) in [5.41, 5.74) is 14.5. The highest BCUT2D eigenvalue weighted by atomic mass is 15.2. The highest BCUT2D eigenvalue weighted by Gasteiger charge is 2.46. The number of hydrogen-bond donors (Lipinski definition) is 0. The number of rotatable bonds is 6. The third-order valence-electron chi connectivity index (χ3n) is 14.6. The highest BCUT2D eigenvalue weighted by Crippen LogP contribution is 2.55. The molecule has 0 amide bonds. The topological polar surface area (TPSA) is 69.2 Å². The van der Waals surface area contributed by atoms with Crippen LogP contribution in [0, 0.1) is 0 Å². The van der Waals surface area contributed by atoms with Gasteiger partial charge < -0.3 is 18.6 Å². The van der Waals surface area contributed by atoms with Gasteiger partial charge in [-0.25, -0.2) is 9.66 Å². The van der Waals surface area contributed by atoms with Crippen molar-refractivity contribution in [3.63, 3.8) is 0 Å². The van der Waals surface area contributed by atoms with Crippen molar-refractivity contribution < 1.29 is 0 Å². The van der Waals surface area contributed by atoms with Gasteiger partial charge in [-0.15, -0.1) is 0 Å². The van der Waals surface area contributed by atoms with Crippen molar-refractivity contribution in [3.05, 3.63) is 211 Å². The fourth-order valence-electron chi connectivity index (χ4n) is 12.0. The van der Waals surface area contributed by atoms with Gasteiger partial charge in [0, 0.05) is 63.1 Å². The van der Waals surface area contributed by atoms with E-state index in [9.17, 15) is 0 Å². The predicted octanol–water partition coefficient (Wildman–Crippen LogP) is 12.9. The third-order valence-corrected chi connectivity index (χ3v) is 14.6. The first-order valence-corrected chi connectivity index (χ1v) is 23.8. The maximum Gasteiger partial charge on any atom is 0.426 e. The van der Waals surface area contributed by atoms with E-state index >= 15 is 0 Å². The summed E-state index contributed by atoms with van der Waals surface area (Å²) in [5, 5.41) is 6.96. The van der Waals surface area contributed by atoms with Crippen LogP contribution in [-0.2, 0) is 0 Å². The lowest BCUT2D eigenvalue weighted by atomic mass is 9.90. The molecule has 15 rings (SSSR count). The van der Waals surface area contributed by atoms with Crippen LogP contribution in [-0.4, -0.2) is 56.6 Å². The van der Waals surface area contributed by atoms with Crippen LogP contribution in [0.2, 0.25) is 0 Å². The molecule has 8 nitrogen and oxygen atoms in total. The molecule has 11 aromatic rings. The van der Waals surface area contributed by atoms with Gasteiger partial charge in [0.15, 0.2) is 12.1 Å². The number of benzene rings is 8. The van der Waals surface area contributed by atoms with Crippen molar-refractivity contribution in [1.82, 2.24) is 18.4 Å². The van der Waals surface area contributed by atoms with Crippen molar-refractivity contribution >= 4 is 107 Å². The summed E-state index contributed by atoms with van der Waals surface area (Å²) in [4.78, 5) is 18.8. The Labute approximate surface area is 396 Å². The fraction of sp³-hybridized carbons (Fsp3) is 0.0656. The molecule has 3 aliphatic heterocycles. The largest absolute Gasteiger partial charge is 0.426 e. The first-order valence-electron chi connectivity index (χ1n) is 23.8. The van der Waals surface area contributed by atoms with E-state index in [2.05, 4.69) is 219 Å². The average Bonchev–Trinajstić information content (AvgIpc) is 4.26. The van der Waals surface area contributed by atoms with Crippen LogP contribution in [0.3, 0.4) is 0 Å². The number of amidine groups is 2. The highest BCUT2D eigenvalue weighted by molar-refractivity contribution is 6.30. The van der Waals surface area contributed by atoms with E-state index in [1.807, 2.05) is 12.4 Å². The van der Waals surface area contributed by atoms with Gasteiger partial charge in [-0.1, -0.05) is 152 Å². The molecule has 69 heavy (non-hydrogen) atoms. The number of nitrogens with zero attached hydrogens (tertiary/aromatic N) is 8. The van der Waals surface area contributed by atoms with Gasteiger partial charge >= 0.3 is 5.84 Å². The van der Waals surface area contributed by atoms with Crippen LogP contribution in [0.1, 0.15) is 29.0 Å². The molecule has 0 bridgehead atoms. The molecule has 0 saturated carbocycles. The number of allylic oxidation sites excluding steroid dienone is 2. The molecule has 324 valence electrons. The molecule has 2 atom stereocenters. The standard InChI is InChI=1S/C61H41N8/c1-9-26-46-38(18-1)39-19-2-10-27-47(39)66(46)56-54(60-62-34-17-35-63-60)57(67-48-28-11-3-20-40(48)41-21-4-12-29-49(41)67)59(69-52-32-15-7-24-44(52)45-25-8-16-33-53(45)69)55(61-64-36-37-65-61)58(56)68-50-30-13-5-22-42(50)43-23-6-14-31-51(43)68/h1-16,18-34,36-37,42,50H,17,35H2/q+1. The van der Waals surface area contributed by atoms with Gasteiger partial charge in [-0.3, -0.25) is 4.99 Å². The molecule has 3 aromatic heterocycles. The summed E-state index contributed by atoms with van der Waals surface area (Å²) in [7, 11) is 0. The van der Waals surface area contributed by atoms with E-state index in [0.29, 0.717) is 18.2 Å². The Kier molecular flexibility index (Phi) is 8.11. The normalized spacial score (nSPS) is 17.1. The molecular weight excluding hydrogens is 845 g/mol. The first-order chi connectivity index (χ1) is 34.3. The van der Waals surface area contributed by atoms with Crippen molar-refractivity contribution in [1.29, 1.82) is 0 Å². The second-order valence-electron chi connectivity index (χ2n) is 18.2. The molecular formula is C61H41N8+. The van der Waals surface area contributed by atoms with E-state index < -0.39 is 0 Å². The monoisotopic (exact) mass is 885 g/mol. The lowest BCUT2D eigenvalue weighted by Crippen LogP contribution is -2.33. The first kappa shape index (κ1) is 38.1. The van der Waals surface area contributed by atoms with Gasteiger partial charge in [0.1, 0.15) is 5.56 Å². The summed E-state index contributed by atoms with van der Waals surface area (Å²) in [6.45, 7) is 0.608. The Bertz CT molecular complexity index is 4110. The van der Waals surface area contributed by atoms with Crippen molar-refractivity contribution in [3.8, 4) is 17.1 Å². The van der Waals surface area contributed by atoms with Crippen molar-refractivity contribution in [2.75, 3.05) is 11.4 Å². The number of para-hydroxylation sites is 7. The lowest BCUT2D eigenvalue weighted by molar-refractivity contribution is 0.742. The van der Waals surface area contributed by atoms with E-state index in [1.54, 1.807) is 0 Å². The van der Waals surface area contributed by atoms with Gasteiger partial charge in [0.2, 0.25) is 6.21 Å². The second kappa shape index (κ2) is 14.7. The van der Waals surface area contributed by atoms with Crippen LogP contribution in [0.4, 0.5) is 11.4 Å². The molecule has 2 unspecified atom stereocenters. The predicted molar refractivity (Wildman–Crippen MR) is 288 cm³/mol. The maximum absolute atomic E-state index is 5.50. The van der Waals surface area contributed by atoms with Crippen LogP contribution in [0.5, 0.6) is 0 Å². The quantitative estimate of drug-likeness (QED) is 0.153. The van der Waals surface area contributed by atoms with Crippen LogP contribution in [0.25, 0.3) is 82.5 Å². The zero-order valence-electron chi connectivity index (χ0n) is 37.4. The fourth-order valence-corrected chi connectivity index (χ4v) is 12.0. The maximum atomic E-state index is 5.50. The summed E-state index contributed by atoms with van der Waals surface area (Å²) in [6, 6.07) is 61.7. The SMILES string of the molecule is C1=CC2c3ccccc3N(c3c(C4=[N+]=CC=N4)c(-n4c5ccccc5c5ccccc54)c(-n4c5ccccc5c5ccccc54)c(C4=NCCC=N4)c3-n3c4ccccc4c4ccccc43)C2C=C1. The molecule has 0 fully saturated rings. The van der Waals surface area contributed by atoms with Crippen LogP contribution in [0.15, 0.2) is 209 Å². The molecule has 8 aromatic carbocycles. The molecule has 4 aliphatic rings. The minimum absolute atomic E-state index is 0.0808. The Morgan fingerprint density at radius 1 is 0.449 bits per heavy atom. The Hall–Kier alpha value is -9.10. The molecule has 8 heteroatoms. The summed E-state index contributed by atoms with van der Waals surface area (Å²) in [5.74, 6) is 1.40. The third kappa shape index (κ3) is 5.29. The minimum Gasteiger partial charge on any atom is -0.331 e. The summed E-state index contributed by atoms with van der Waals surface area (Å²) >= 11 is 0. The zero-order chi connectivity index (χ0) is 45.2. The Balaban J connectivity index is 1.30. The second-order valence-corrected chi connectivity index (χ2v) is 18.2. The zero-order valence-corrected chi connectivity index (χ0v) is 37.4. The van der Waals surface area contributed by atoms with E-state index in [0.717, 1.165) is 111 Å². The number of aromatic nitrogens is 3. The van der Waals surface area contributed by atoms with E-state index in [1.165, 1.54) is 5.56 Å². The number of aliphatic imine (C=N–C) groups is 3.